The number of hydrogen-bond donors (Lipinski definition) is 1. The van der Waals surface area contributed by atoms with Crippen LogP contribution < -0.4 is 5.32 Å². The number of piperidine rings is 1. The van der Waals surface area contributed by atoms with Gasteiger partial charge in [0.25, 0.3) is 0 Å². The second-order valence-electron chi connectivity index (χ2n) is 5.89. The lowest BCUT2D eigenvalue weighted by atomic mass is 9.99. The summed E-state index contributed by atoms with van der Waals surface area (Å²) in [5, 5.41) is 3.41. The molecule has 1 saturated heterocycles. The lowest BCUT2D eigenvalue weighted by Crippen LogP contribution is -2.43. The molecule has 118 valence electrons. The summed E-state index contributed by atoms with van der Waals surface area (Å²) in [7, 11) is -3.38. The molecule has 1 unspecified atom stereocenters. The van der Waals surface area contributed by atoms with Gasteiger partial charge in [-0.15, -0.1) is 0 Å². The standard InChI is InChI=1S/C15H23BrN2O2S/c1-12(2)17-10-13-5-4-8-18(11-13)21(19,20)15-7-3-6-14(16)9-15/h3,6-7,9,12-13,17H,4-5,8,10-11H2,1-2H3. The van der Waals surface area contributed by atoms with Gasteiger partial charge in [-0.25, -0.2) is 8.42 Å². The lowest BCUT2D eigenvalue weighted by Gasteiger charge is -2.32. The van der Waals surface area contributed by atoms with Gasteiger partial charge in [-0.05, 0) is 43.5 Å². The van der Waals surface area contributed by atoms with Crippen LogP contribution in [0.4, 0.5) is 0 Å². The zero-order chi connectivity index (χ0) is 15.5. The molecule has 0 aromatic heterocycles. The maximum absolute atomic E-state index is 12.7. The van der Waals surface area contributed by atoms with E-state index in [0.29, 0.717) is 29.9 Å². The Hall–Kier alpha value is -0.430. The smallest absolute Gasteiger partial charge is 0.243 e. The molecule has 21 heavy (non-hydrogen) atoms. The molecule has 1 aromatic rings. The van der Waals surface area contributed by atoms with Gasteiger partial charge in [0.2, 0.25) is 10.0 Å². The Morgan fingerprint density at radius 3 is 2.86 bits per heavy atom. The fourth-order valence-electron chi connectivity index (χ4n) is 2.59. The van der Waals surface area contributed by atoms with Gasteiger partial charge in [-0.2, -0.15) is 4.31 Å². The summed E-state index contributed by atoms with van der Waals surface area (Å²) in [6.07, 6.45) is 2.02. The molecule has 0 saturated carbocycles. The highest BCUT2D eigenvalue weighted by molar-refractivity contribution is 9.10. The predicted molar refractivity (Wildman–Crippen MR) is 88.8 cm³/mol. The van der Waals surface area contributed by atoms with E-state index in [4.69, 9.17) is 0 Å². The van der Waals surface area contributed by atoms with Crippen molar-refractivity contribution >= 4 is 26.0 Å². The van der Waals surface area contributed by atoms with Crippen molar-refractivity contribution in [1.29, 1.82) is 0 Å². The first kappa shape index (κ1) is 16.9. The molecule has 1 heterocycles. The third-order valence-electron chi connectivity index (χ3n) is 3.73. The molecule has 0 amide bonds. The fourth-order valence-corrected chi connectivity index (χ4v) is 4.74. The van der Waals surface area contributed by atoms with Crippen molar-refractivity contribution in [3.63, 3.8) is 0 Å². The summed E-state index contributed by atoms with van der Waals surface area (Å²) >= 11 is 3.34. The first-order valence-electron chi connectivity index (χ1n) is 7.38. The zero-order valence-corrected chi connectivity index (χ0v) is 15.0. The number of nitrogens with one attached hydrogen (secondary N) is 1. The van der Waals surface area contributed by atoms with Gasteiger partial charge >= 0.3 is 0 Å². The van der Waals surface area contributed by atoms with Crippen LogP contribution in [0.2, 0.25) is 0 Å². The summed E-state index contributed by atoms with van der Waals surface area (Å²) < 4.78 is 27.8. The Balaban J connectivity index is 2.09. The van der Waals surface area contributed by atoms with Gasteiger partial charge < -0.3 is 5.32 Å². The summed E-state index contributed by atoms with van der Waals surface area (Å²) in [6, 6.07) is 7.37. The molecular formula is C15H23BrN2O2S. The monoisotopic (exact) mass is 374 g/mol. The van der Waals surface area contributed by atoms with Crippen LogP contribution in [-0.2, 0) is 10.0 Å². The van der Waals surface area contributed by atoms with Crippen LogP contribution >= 0.6 is 15.9 Å². The fraction of sp³-hybridized carbons (Fsp3) is 0.600. The zero-order valence-electron chi connectivity index (χ0n) is 12.5. The van der Waals surface area contributed by atoms with Gasteiger partial charge in [0, 0.05) is 23.6 Å². The van der Waals surface area contributed by atoms with E-state index in [2.05, 4.69) is 35.1 Å². The van der Waals surface area contributed by atoms with Crippen LogP contribution in [0, 0.1) is 5.92 Å². The highest BCUT2D eigenvalue weighted by atomic mass is 79.9. The van der Waals surface area contributed by atoms with Crippen molar-refractivity contribution in [2.75, 3.05) is 19.6 Å². The van der Waals surface area contributed by atoms with Crippen LogP contribution in [0.15, 0.2) is 33.6 Å². The van der Waals surface area contributed by atoms with E-state index in [9.17, 15) is 8.42 Å². The molecule has 0 bridgehead atoms. The molecule has 1 aliphatic heterocycles. The maximum Gasteiger partial charge on any atom is 0.243 e. The summed E-state index contributed by atoms with van der Waals surface area (Å²) in [4.78, 5) is 0.370. The molecule has 0 radical (unpaired) electrons. The van der Waals surface area contributed by atoms with E-state index in [1.54, 1.807) is 22.5 Å². The molecule has 1 fully saturated rings. The summed E-state index contributed by atoms with van der Waals surface area (Å²) in [5.74, 6) is 0.392. The number of hydrogen-bond acceptors (Lipinski definition) is 3. The largest absolute Gasteiger partial charge is 0.314 e. The summed E-state index contributed by atoms with van der Waals surface area (Å²) in [5.41, 5.74) is 0. The third kappa shape index (κ3) is 4.52. The maximum atomic E-state index is 12.7. The van der Waals surface area contributed by atoms with Gasteiger partial charge in [-0.3, -0.25) is 0 Å². The summed E-state index contributed by atoms with van der Waals surface area (Å²) in [6.45, 7) is 6.32. The molecule has 4 nitrogen and oxygen atoms in total. The van der Waals surface area contributed by atoms with Crippen LogP contribution in [0.5, 0.6) is 0 Å². The van der Waals surface area contributed by atoms with Crippen LogP contribution in [-0.4, -0.2) is 38.4 Å². The molecule has 1 aromatic carbocycles. The first-order chi connectivity index (χ1) is 9.89. The second-order valence-corrected chi connectivity index (χ2v) is 8.75. The number of rotatable bonds is 5. The molecule has 0 spiro atoms. The average molecular weight is 375 g/mol. The normalized spacial score (nSPS) is 20.9. The number of halogens is 1. The minimum absolute atomic E-state index is 0.370. The van der Waals surface area contributed by atoms with Gasteiger partial charge in [0.05, 0.1) is 4.90 Å². The molecule has 1 atom stereocenters. The minimum Gasteiger partial charge on any atom is -0.314 e. The van der Waals surface area contributed by atoms with Crippen molar-refractivity contribution in [3.8, 4) is 0 Å². The first-order valence-corrected chi connectivity index (χ1v) is 9.62. The topological polar surface area (TPSA) is 49.4 Å². The Bertz CT molecular complexity index is 575. The van der Waals surface area contributed by atoms with E-state index >= 15 is 0 Å². The van der Waals surface area contributed by atoms with Crippen molar-refractivity contribution in [1.82, 2.24) is 9.62 Å². The number of benzene rings is 1. The third-order valence-corrected chi connectivity index (χ3v) is 6.08. The second kappa shape index (κ2) is 7.22. The molecule has 1 N–H and O–H groups in total. The molecule has 0 aliphatic carbocycles. The van der Waals surface area contributed by atoms with E-state index < -0.39 is 10.0 Å². The average Bonchev–Trinajstić information content (AvgIpc) is 2.45. The van der Waals surface area contributed by atoms with Gasteiger partial charge in [0.15, 0.2) is 0 Å². The highest BCUT2D eigenvalue weighted by Gasteiger charge is 2.30. The lowest BCUT2D eigenvalue weighted by molar-refractivity contribution is 0.256. The molecule has 2 rings (SSSR count). The molecule has 1 aliphatic rings. The Labute approximate surface area is 136 Å². The molecular weight excluding hydrogens is 352 g/mol. The van der Waals surface area contributed by atoms with Gasteiger partial charge in [0.1, 0.15) is 0 Å². The quantitative estimate of drug-likeness (QED) is 0.861. The molecule has 6 heteroatoms. The SMILES string of the molecule is CC(C)NCC1CCCN(S(=O)(=O)c2cccc(Br)c2)C1. The minimum atomic E-state index is -3.38. The Morgan fingerprint density at radius 2 is 2.19 bits per heavy atom. The van der Waals surface area contributed by atoms with E-state index in [1.807, 2.05) is 6.07 Å². The van der Waals surface area contributed by atoms with E-state index in [0.717, 1.165) is 23.9 Å². The van der Waals surface area contributed by atoms with Crippen molar-refractivity contribution < 1.29 is 8.42 Å². The van der Waals surface area contributed by atoms with Crippen LogP contribution in [0.3, 0.4) is 0 Å². The highest BCUT2D eigenvalue weighted by Crippen LogP contribution is 2.25. The Kier molecular flexibility index (Phi) is 5.82. The van der Waals surface area contributed by atoms with Gasteiger partial charge in [-0.1, -0.05) is 35.8 Å². The van der Waals surface area contributed by atoms with Crippen LogP contribution in [0.1, 0.15) is 26.7 Å². The number of nitrogens with zero attached hydrogens (tertiary/aromatic N) is 1. The predicted octanol–water partition coefficient (Wildman–Crippen LogP) is 2.85. The van der Waals surface area contributed by atoms with Crippen molar-refractivity contribution in [3.05, 3.63) is 28.7 Å². The van der Waals surface area contributed by atoms with E-state index in [-0.39, 0.29) is 0 Å². The Morgan fingerprint density at radius 1 is 1.43 bits per heavy atom. The van der Waals surface area contributed by atoms with Crippen LogP contribution in [0.25, 0.3) is 0 Å². The van der Waals surface area contributed by atoms with E-state index in [1.165, 1.54) is 0 Å². The number of sulfonamides is 1. The van der Waals surface area contributed by atoms with Crippen molar-refractivity contribution in [2.24, 2.45) is 5.92 Å². The van der Waals surface area contributed by atoms with Crippen molar-refractivity contribution in [2.45, 2.75) is 37.6 Å².